The molecule has 1 N–H and O–H groups in total. The Morgan fingerprint density at radius 3 is 2.49 bits per heavy atom. The second-order valence-electron chi connectivity index (χ2n) is 11.0. The Bertz CT molecular complexity index is 1460. The van der Waals surface area contributed by atoms with Crippen molar-refractivity contribution in [2.24, 2.45) is 11.8 Å². The van der Waals surface area contributed by atoms with Crippen LogP contribution in [0.25, 0.3) is 5.82 Å². The number of pyridine rings is 2. The number of benzene rings is 1. The first-order valence-corrected chi connectivity index (χ1v) is 14.3. The van der Waals surface area contributed by atoms with Crippen LogP contribution in [0, 0.1) is 18.8 Å². The SMILES string of the molecule is Cc1ccc(-n2cccc2[C@@H]2[C@H](c3ccccn3)NC(=S)N2c2ccc(N3C[C@H](C)C[C@@H](C)C3)c(Cl)c2)nc1. The fourth-order valence-electron chi connectivity index (χ4n) is 6.14. The molecule has 200 valence electrons. The Balaban J connectivity index is 1.42. The van der Waals surface area contributed by atoms with E-state index in [0.29, 0.717) is 16.9 Å². The molecule has 2 fully saturated rings. The maximum absolute atomic E-state index is 6.99. The van der Waals surface area contributed by atoms with Crippen molar-refractivity contribution < 1.29 is 0 Å². The van der Waals surface area contributed by atoms with E-state index in [4.69, 9.17) is 33.8 Å². The molecule has 2 aliphatic heterocycles. The third-order valence-electron chi connectivity index (χ3n) is 7.74. The number of nitrogens with zero attached hydrogens (tertiary/aromatic N) is 5. The third-order valence-corrected chi connectivity index (χ3v) is 8.36. The molecule has 2 aliphatic rings. The smallest absolute Gasteiger partial charge is 0.174 e. The summed E-state index contributed by atoms with van der Waals surface area (Å²) < 4.78 is 2.13. The van der Waals surface area contributed by atoms with Gasteiger partial charge in [-0.3, -0.25) is 4.98 Å². The number of rotatable bonds is 5. The predicted molar refractivity (Wildman–Crippen MR) is 163 cm³/mol. The van der Waals surface area contributed by atoms with Crippen molar-refractivity contribution in [3.63, 3.8) is 0 Å². The van der Waals surface area contributed by atoms with E-state index in [0.717, 1.165) is 52.3 Å². The van der Waals surface area contributed by atoms with Gasteiger partial charge < -0.3 is 19.7 Å². The van der Waals surface area contributed by atoms with E-state index in [1.807, 2.05) is 43.6 Å². The summed E-state index contributed by atoms with van der Waals surface area (Å²) in [5, 5.41) is 4.95. The number of aryl methyl sites for hydroxylation is 1. The molecule has 2 saturated heterocycles. The molecule has 1 aromatic carbocycles. The highest BCUT2D eigenvalue weighted by Crippen LogP contribution is 2.44. The number of thiocarbonyl (C=S) groups is 1. The van der Waals surface area contributed by atoms with Crippen LogP contribution in [0.2, 0.25) is 5.02 Å². The van der Waals surface area contributed by atoms with E-state index in [-0.39, 0.29) is 12.1 Å². The maximum atomic E-state index is 6.99. The summed E-state index contributed by atoms with van der Waals surface area (Å²) in [7, 11) is 0. The molecule has 5 heterocycles. The molecule has 0 aliphatic carbocycles. The van der Waals surface area contributed by atoms with Crippen LogP contribution in [0.15, 0.2) is 79.3 Å². The minimum absolute atomic E-state index is 0.153. The fraction of sp³-hybridized carbons (Fsp3) is 0.323. The number of halogens is 1. The Morgan fingerprint density at radius 2 is 1.79 bits per heavy atom. The highest BCUT2D eigenvalue weighted by molar-refractivity contribution is 7.80. The Morgan fingerprint density at radius 1 is 0.974 bits per heavy atom. The van der Waals surface area contributed by atoms with Gasteiger partial charge in [0.2, 0.25) is 0 Å². The van der Waals surface area contributed by atoms with Crippen molar-refractivity contribution in [1.29, 1.82) is 0 Å². The zero-order valence-corrected chi connectivity index (χ0v) is 24.0. The van der Waals surface area contributed by atoms with E-state index in [2.05, 4.69) is 76.1 Å². The van der Waals surface area contributed by atoms with Gasteiger partial charge in [0, 0.05) is 43.1 Å². The molecule has 4 atom stereocenters. The van der Waals surface area contributed by atoms with Gasteiger partial charge in [-0.2, -0.15) is 0 Å². The van der Waals surface area contributed by atoms with Crippen molar-refractivity contribution in [1.82, 2.24) is 19.9 Å². The van der Waals surface area contributed by atoms with Crippen molar-refractivity contribution in [2.45, 2.75) is 39.3 Å². The predicted octanol–water partition coefficient (Wildman–Crippen LogP) is 6.89. The molecule has 0 spiro atoms. The summed E-state index contributed by atoms with van der Waals surface area (Å²) in [4.78, 5) is 14.0. The highest BCUT2D eigenvalue weighted by atomic mass is 35.5. The van der Waals surface area contributed by atoms with E-state index in [1.54, 1.807) is 0 Å². The lowest BCUT2D eigenvalue weighted by Crippen LogP contribution is -2.38. The van der Waals surface area contributed by atoms with E-state index in [1.165, 1.54) is 6.42 Å². The molecular weight excluding hydrogens is 524 g/mol. The number of nitrogens with one attached hydrogen (secondary N) is 1. The lowest BCUT2D eigenvalue weighted by molar-refractivity contribution is 0.357. The quantitative estimate of drug-likeness (QED) is 0.270. The van der Waals surface area contributed by atoms with E-state index >= 15 is 0 Å². The average molecular weight is 557 g/mol. The Labute approximate surface area is 240 Å². The van der Waals surface area contributed by atoms with Gasteiger partial charge in [0.05, 0.1) is 22.4 Å². The first-order chi connectivity index (χ1) is 18.9. The molecule has 0 bridgehead atoms. The number of aromatic nitrogens is 3. The second kappa shape index (κ2) is 10.6. The molecule has 39 heavy (non-hydrogen) atoms. The molecular formula is C31H33ClN6S. The molecule has 6 nitrogen and oxygen atoms in total. The lowest BCUT2D eigenvalue weighted by atomic mass is 9.91. The van der Waals surface area contributed by atoms with Crippen LogP contribution in [0.4, 0.5) is 11.4 Å². The van der Waals surface area contributed by atoms with Gasteiger partial charge in [0.25, 0.3) is 0 Å². The Hall–Kier alpha value is -3.42. The van der Waals surface area contributed by atoms with Crippen LogP contribution in [-0.2, 0) is 0 Å². The normalized spacial score (nSPS) is 23.2. The number of piperidine rings is 1. The van der Waals surface area contributed by atoms with Crippen molar-refractivity contribution in [2.75, 3.05) is 22.9 Å². The van der Waals surface area contributed by atoms with Crippen LogP contribution in [0.1, 0.15) is 49.3 Å². The number of anilines is 2. The van der Waals surface area contributed by atoms with Crippen LogP contribution in [-0.4, -0.2) is 32.7 Å². The van der Waals surface area contributed by atoms with Crippen molar-refractivity contribution in [3.8, 4) is 5.82 Å². The maximum Gasteiger partial charge on any atom is 0.174 e. The molecule has 0 amide bonds. The summed E-state index contributed by atoms with van der Waals surface area (Å²) in [6.45, 7) is 8.73. The molecule has 0 unspecified atom stereocenters. The van der Waals surface area contributed by atoms with Crippen LogP contribution >= 0.6 is 23.8 Å². The molecule has 0 saturated carbocycles. The Kier molecular flexibility index (Phi) is 7.04. The van der Waals surface area contributed by atoms with Gasteiger partial charge in [-0.05, 0) is 91.5 Å². The summed E-state index contributed by atoms with van der Waals surface area (Å²) in [5.74, 6) is 2.15. The first kappa shape index (κ1) is 25.8. The van der Waals surface area contributed by atoms with Crippen LogP contribution < -0.4 is 15.1 Å². The summed E-state index contributed by atoms with van der Waals surface area (Å²) in [6.07, 6.45) is 7.03. The molecule has 4 aromatic rings. The van der Waals surface area contributed by atoms with Gasteiger partial charge in [-0.25, -0.2) is 4.98 Å². The minimum atomic E-state index is -0.164. The van der Waals surface area contributed by atoms with Crippen molar-refractivity contribution >= 4 is 40.3 Å². The fourth-order valence-corrected chi connectivity index (χ4v) is 6.78. The minimum Gasteiger partial charge on any atom is -0.370 e. The molecule has 8 heteroatoms. The van der Waals surface area contributed by atoms with E-state index in [9.17, 15) is 0 Å². The molecule has 6 rings (SSSR count). The summed E-state index contributed by atoms with van der Waals surface area (Å²) in [6, 6.07) is 20.3. The van der Waals surface area contributed by atoms with Crippen LogP contribution in [0.3, 0.4) is 0 Å². The van der Waals surface area contributed by atoms with Gasteiger partial charge in [-0.1, -0.05) is 37.6 Å². The average Bonchev–Trinajstić information content (AvgIpc) is 3.53. The third kappa shape index (κ3) is 5.01. The van der Waals surface area contributed by atoms with E-state index < -0.39 is 0 Å². The number of hydrogen-bond acceptors (Lipinski definition) is 4. The highest BCUT2D eigenvalue weighted by Gasteiger charge is 2.42. The largest absolute Gasteiger partial charge is 0.370 e. The molecule has 3 aromatic heterocycles. The first-order valence-electron chi connectivity index (χ1n) is 13.5. The monoisotopic (exact) mass is 556 g/mol. The molecule has 0 radical (unpaired) electrons. The summed E-state index contributed by atoms with van der Waals surface area (Å²) >= 11 is 13.0. The standard InChI is InChI=1S/C31H33ClN6S/c1-20-9-12-28(34-17-20)37-14-6-8-27(37)30-29(25-7-4-5-13-33-25)35-31(39)38(30)23-10-11-26(24(32)16-23)36-18-21(2)15-22(3)19-36/h4-14,16-17,21-22,29-30H,15,18-19H2,1-3H3,(H,35,39)/t21-,22-,29+,30-/m1/s1. The van der Waals surface area contributed by atoms with Gasteiger partial charge in [0.1, 0.15) is 11.9 Å². The summed E-state index contributed by atoms with van der Waals surface area (Å²) in [5.41, 5.74) is 5.15. The van der Waals surface area contributed by atoms with Crippen molar-refractivity contribution in [3.05, 3.63) is 101 Å². The van der Waals surface area contributed by atoms with Gasteiger partial charge in [-0.15, -0.1) is 0 Å². The topological polar surface area (TPSA) is 49.2 Å². The lowest BCUT2D eigenvalue weighted by Gasteiger charge is -2.37. The van der Waals surface area contributed by atoms with Crippen LogP contribution in [0.5, 0.6) is 0 Å². The zero-order valence-electron chi connectivity index (χ0n) is 22.5. The second-order valence-corrected chi connectivity index (χ2v) is 11.8. The van der Waals surface area contributed by atoms with Gasteiger partial charge in [0.15, 0.2) is 5.11 Å². The zero-order chi connectivity index (χ0) is 27.1. The number of hydrogen-bond donors (Lipinski definition) is 1. The van der Waals surface area contributed by atoms with Gasteiger partial charge >= 0.3 is 0 Å².